The second kappa shape index (κ2) is 4.70. The van der Waals surface area contributed by atoms with E-state index in [1.807, 2.05) is 6.92 Å². The van der Waals surface area contributed by atoms with Gasteiger partial charge in [0.25, 0.3) is 5.88 Å². The normalized spacial score (nSPS) is 11.6. The lowest BCUT2D eigenvalue weighted by molar-refractivity contribution is -0.386. The second-order valence-electron chi connectivity index (χ2n) is 4.59. The van der Waals surface area contributed by atoms with E-state index >= 15 is 0 Å². The highest BCUT2D eigenvalue weighted by atomic mass is 16.6. The Labute approximate surface area is 99.7 Å². The van der Waals surface area contributed by atoms with E-state index in [0.29, 0.717) is 12.2 Å². The van der Waals surface area contributed by atoms with E-state index in [1.165, 1.54) is 4.68 Å². The van der Waals surface area contributed by atoms with Crippen LogP contribution in [0.4, 0.5) is 5.69 Å². The van der Waals surface area contributed by atoms with Crippen LogP contribution in [0.25, 0.3) is 0 Å². The fourth-order valence-electron chi connectivity index (χ4n) is 1.37. The van der Waals surface area contributed by atoms with E-state index in [1.54, 1.807) is 20.8 Å². The minimum absolute atomic E-state index is 0.0869. The number of rotatable bonds is 5. The van der Waals surface area contributed by atoms with Crippen molar-refractivity contribution in [1.29, 1.82) is 0 Å². The molecule has 17 heavy (non-hydrogen) atoms. The van der Waals surface area contributed by atoms with E-state index < -0.39 is 10.5 Å². The van der Waals surface area contributed by atoms with E-state index in [-0.39, 0.29) is 18.2 Å². The Morgan fingerprint density at radius 1 is 1.59 bits per heavy atom. The molecule has 1 aromatic heterocycles. The highest BCUT2D eigenvalue weighted by Gasteiger charge is 2.27. The summed E-state index contributed by atoms with van der Waals surface area (Å²) in [6, 6.07) is 0. The summed E-state index contributed by atoms with van der Waals surface area (Å²) in [7, 11) is 0. The first kappa shape index (κ1) is 13.4. The standard InChI is InChI=1S/C10H18N4O3/c1-5-13-9(17-6-10(3,4)11)8(14(15)16)7(2)12-13/h5-6,11H2,1-4H3. The molecule has 0 radical (unpaired) electrons. The minimum atomic E-state index is -0.551. The molecule has 0 saturated heterocycles. The number of hydrogen-bond acceptors (Lipinski definition) is 5. The lowest BCUT2D eigenvalue weighted by Gasteiger charge is -2.18. The molecule has 0 unspecified atom stereocenters. The summed E-state index contributed by atoms with van der Waals surface area (Å²) in [6.45, 7) is 7.71. The van der Waals surface area contributed by atoms with Crippen LogP contribution in [-0.4, -0.2) is 26.8 Å². The Morgan fingerprint density at radius 3 is 2.59 bits per heavy atom. The molecule has 0 aliphatic heterocycles. The molecule has 0 saturated carbocycles. The van der Waals surface area contributed by atoms with Crippen LogP contribution < -0.4 is 10.5 Å². The fraction of sp³-hybridized carbons (Fsp3) is 0.700. The van der Waals surface area contributed by atoms with Crippen LogP contribution in [0.5, 0.6) is 5.88 Å². The van der Waals surface area contributed by atoms with E-state index in [0.717, 1.165) is 0 Å². The van der Waals surface area contributed by atoms with Gasteiger partial charge in [-0.3, -0.25) is 10.1 Å². The van der Waals surface area contributed by atoms with Gasteiger partial charge >= 0.3 is 5.69 Å². The Kier molecular flexibility index (Phi) is 3.72. The van der Waals surface area contributed by atoms with Gasteiger partial charge in [0.15, 0.2) is 0 Å². The third kappa shape index (κ3) is 3.16. The van der Waals surface area contributed by atoms with Gasteiger partial charge in [0.2, 0.25) is 0 Å². The van der Waals surface area contributed by atoms with Crippen molar-refractivity contribution in [3.8, 4) is 5.88 Å². The SMILES string of the molecule is CCn1nc(C)c([N+](=O)[O-])c1OCC(C)(C)N. The largest absolute Gasteiger partial charge is 0.471 e. The molecule has 0 spiro atoms. The van der Waals surface area contributed by atoms with Crippen molar-refractivity contribution >= 4 is 5.69 Å². The Morgan fingerprint density at radius 2 is 2.18 bits per heavy atom. The molecule has 0 bridgehead atoms. The van der Waals surface area contributed by atoms with Gasteiger partial charge in [0, 0.05) is 12.1 Å². The third-order valence-electron chi connectivity index (χ3n) is 2.11. The predicted molar refractivity (Wildman–Crippen MR) is 63.1 cm³/mol. The van der Waals surface area contributed by atoms with Crippen molar-refractivity contribution in [3.05, 3.63) is 15.8 Å². The van der Waals surface area contributed by atoms with Gasteiger partial charge in [-0.15, -0.1) is 0 Å². The van der Waals surface area contributed by atoms with Crippen LogP contribution in [0.15, 0.2) is 0 Å². The topological polar surface area (TPSA) is 96.2 Å². The van der Waals surface area contributed by atoms with Crippen molar-refractivity contribution in [1.82, 2.24) is 9.78 Å². The van der Waals surface area contributed by atoms with E-state index in [9.17, 15) is 10.1 Å². The minimum Gasteiger partial charge on any atom is -0.471 e. The number of nitro groups is 1. The molecule has 2 N–H and O–H groups in total. The number of nitrogens with zero attached hydrogens (tertiary/aromatic N) is 3. The average molecular weight is 242 g/mol. The van der Waals surface area contributed by atoms with Crippen LogP contribution in [0.3, 0.4) is 0 Å². The average Bonchev–Trinajstić information content (AvgIpc) is 2.50. The zero-order chi connectivity index (χ0) is 13.2. The highest BCUT2D eigenvalue weighted by molar-refractivity contribution is 5.45. The summed E-state index contributed by atoms with van der Waals surface area (Å²) in [5.41, 5.74) is 5.49. The van der Waals surface area contributed by atoms with Crippen LogP contribution >= 0.6 is 0 Å². The van der Waals surface area contributed by atoms with Gasteiger partial charge in [0.1, 0.15) is 12.3 Å². The Bertz CT molecular complexity index is 420. The van der Waals surface area contributed by atoms with Crippen LogP contribution in [-0.2, 0) is 6.54 Å². The molecule has 0 aromatic carbocycles. The van der Waals surface area contributed by atoms with Gasteiger partial charge in [-0.05, 0) is 27.7 Å². The number of nitrogens with two attached hydrogens (primary N) is 1. The van der Waals surface area contributed by atoms with Crippen molar-refractivity contribution in [2.45, 2.75) is 39.8 Å². The molecule has 0 fully saturated rings. The highest BCUT2D eigenvalue weighted by Crippen LogP contribution is 2.30. The molecule has 0 aliphatic rings. The summed E-state index contributed by atoms with van der Waals surface area (Å²) in [5.74, 6) is 0.175. The molecule has 7 heteroatoms. The molecule has 0 amide bonds. The number of hydrogen-bond donors (Lipinski definition) is 1. The summed E-state index contributed by atoms with van der Waals surface area (Å²) in [5, 5.41) is 15.0. The molecule has 1 heterocycles. The first-order valence-corrected chi connectivity index (χ1v) is 5.39. The monoisotopic (exact) mass is 242 g/mol. The lowest BCUT2D eigenvalue weighted by Crippen LogP contribution is -2.39. The van der Waals surface area contributed by atoms with E-state index in [2.05, 4.69) is 5.10 Å². The van der Waals surface area contributed by atoms with Crippen LogP contribution in [0.1, 0.15) is 26.5 Å². The Balaban J connectivity index is 3.07. The zero-order valence-electron chi connectivity index (χ0n) is 10.6. The molecular formula is C10H18N4O3. The summed E-state index contributed by atoms with van der Waals surface area (Å²) < 4.78 is 6.91. The fourth-order valence-corrected chi connectivity index (χ4v) is 1.37. The zero-order valence-corrected chi connectivity index (χ0v) is 10.6. The summed E-state index contributed by atoms with van der Waals surface area (Å²) in [6.07, 6.45) is 0. The first-order valence-electron chi connectivity index (χ1n) is 5.39. The maximum atomic E-state index is 10.9. The number of aromatic nitrogens is 2. The Hall–Kier alpha value is -1.63. The first-order chi connectivity index (χ1) is 7.76. The molecule has 1 rings (SSSR count). The van der Waals surface area contributed by atoms with Crippen molar-refractivity contribution < 1.29 is 9.66 Å². The van der Waals surface area contributed by atoms with Gasteiger partial charge in [-0.1, -0.05) is 0 Å². The van der Waals surface area contributed by atoms with Gasteiger partial charge in [-0.25, -0.2) is 4.68 Å². The summed E-state index contributed by atoms with van der Waals surface area (Å²) in [4.78, 5) is 10.5. The maximum absolute atomic E-state index is 10.9. The quantitative estimate of drug-likeness (QED) is 0.618. The van der Waals surface area contributed by atoms with Gasteiger partial charge in [-0.2, -0.15) is 5.10 Å². The molecule has 7 nitrogen and oxygen atoms in total. The van der Waals surface area contributed by atoms with Crippen LogP contribution in [0, 0.1) is 17.0 Å². The van der Waals surface area contributed by atoms with Gasteiger partial charge in [0.05, 0.1) is 4.92 Å². The second-order valence-corrected chi connectivity index (χ2v) is 4.59. The summed E-state index contributed by atoms with van der Waals surface area (Å²) >= 11 is 0. The smallest absolute Gasteiger partial charge is 0.353 e. The molecule has 96 valence electrons. The predicted octanol–water partition coefficient (Wildman–Crippen LogP) is 1.24. The third-order valence-corrected chi connectivity index (χ3v) is 2.11. The van der Waals surface area contributed by atoms with Crippen molar-refractivity contribution in [2.75, 3.05) is 6.61 Å². The molecule has 1 aromatic rings. The lowest BCUT2D eigenvalue weighted by atomic mass is 10.1. The van der Waals surface area contributed by atoms with E-state index in [4.69, 9.17) is 10.5 Å². The van der Waals surface area contributed by atoms with Crippen LogP contribution in [0.2, 0.25) is 0 Å². The number of ether oxygens (including phenoxy) is 1. The maximum Gasteiger partial charge on any atom is 0.353 e. The van der Waals surface area contributed by atoms with Crippen molar-refractivity contribution in [3.63, 3.8) is 0 Å². The molecule has 0 atom stereocenters. The number of aryl methyl sites for hydroxylation is 2. The molecular weight excluding hydrogens is 224 g/mol. The van der Waals surface area contributed by atoms with Crippen molar-refractivity contribution in [2.24, 2.45) is 5.73 Å². The molecule has 0 aliphatic carbocycles. The van der Waals surface area contributed by atoms with Gasteiger partial charge < -0.3 is 10.5 Å².